The number of hydrogen-bond acceptors (Lipinski definition) is 4. The van der Waals surface area contributed by atoms with E-state index in [0.29, 0.717) is 19.1 Å². The van der Waals surface area contributed by atoms with Crippen molar-refractivity contribution in [3.63, 3.8) is 0 Å². The van der Waals surface area contributed by atoms with Crippen LogP contribution in [0.4, 0.5) is 0 Å². The molecule has 4 heteroatoms. The number of ether oxygens (including phenoxy) is 1. The van der Waals surface area contributed by atoms with E-state index in [-0.39, 0.29) is 0 Å². The van der Waals surface area contributed by atoms with E-state index in [1.807, 2.05) is 32.0 Å². The van der Waals surface area contributed by atoms with E-state index >= 15 is 0 Å². The fourth-order valence-corrected chi connectivity index (χ4v) is 1.69. The van der Waals surface area contributed by atoms with Gasteiger partial charge in [0.25, 0.3) is 6.47 Å². The van der Waals surface area contributed by atoms with E-state index in [0.717, 1.165) is 13.1 Å². The zero-order valence-corrected chi connectivity index (χ0v) is 12.0. The van der Waals surface area contributed by atoms with Crippen molar-refractivity contribution < 1.29 is 9.53 Å². The van der Waals surface area contributed by atoms with Crippen LogP contribution in [0.5, 0.6) is 0 Å². The second-order valence-electron chi connectivity index (χ2n) is 5.37. The SMILES string of the molecule is C[C@@H](CNCc1ccccc1)NCC(C)(C)OC=O. The van der Waals surface area contributed by atoms with Crippen molar-refractivity contribution in [1.82, 2.24) is 10.6 Å². The van der Waals surface area contributed by atoms with Crippen LogP contribution in [0, 0.1) is 0 Å². The zero-order chi connectivity index (χ0) is 14.1. The van der Waals surface area contributed by atoms with Crippen LogP contribution in [0.3, 0.4) is 0 Å². The van der Waals surface area contributed by atoms with Crippen molar-refractivity contribution in [2.75, 3.05) is 13.1 Å². The Morgan fingerprint density at radius 3 is 2.63 bits per heavy atom. The third-order valence-electron chi connectivity index (χ3n) is 2.87. The van der Waals surface area contributed by atoms with Gasteiger partial charge < -0.3 is 15.4 Å². The molecule has 1 rings (SSSR count). The molecular weight excluding hydrogens is 240 g/mol. The molecule has 0 unspecified atom stereocenters. The highest BCUT2D eigenvalue weighted by Crippen LogP contribution is 2.05. The average Bonchev–Trinajstić information content (AvgIpc) is 2.38. The maximum absolute atomic E-state index is 10.3. The van der Waals surface area contributed by atoms with Gasteiger partial charge in [0.2, 0.25) is 0 Å². The lowest BCUT2D eigenvalue weighted by molar-refractivity contribution is -0.140. The van der Waals surface area contributed by atoms with Crippen LogP contribution in [0.2, 0.25) is 0 Å². The molecule has 0 saturated heterocycles. The molecule has 0 aliphatic heterocycles. The van der Waals surface area contributed by atoms with Crippen molar-refractivity contribution >= 4 is 6.47 Å². The molecule has 4 nitrogen and oxygen atoms in total. The summed E-state index contributed by atoms with van der Waals surface area (Å²) >= 11 is 0. The summed E-state index contributed by atoms with van der Waals surface area (Å²) in [4.78, 5) is 10.3. The van der Waals surface area contributed by atoms with Gasteiger partial charge in [-0.2, -0.15) is 0 Å². The minimum Gasteiger partial charge on any atom is -0.461 e. The molecule has 0 saturated carbocycles. The standard InChI is InChI=1S/C15H24N2O2/c1-13(17-11-15(2,3)19-12-18)9-16-10-14-7-5-4-6-8-14/h4-8,12-13,16-17H,9-11H2,1-3H3/t13-/m0/s1. The number of nitrogens with one attached hydrogen (secondary N) is 2. The molecule has 1 atom stereocenters. The summed E-state index contributed by atoms with van der Waals surface area (Å²) in [6.07, 6.45) is 0. The first-order valence-corrected chi connectivity index (χ1v) is 6.63. The second-order valence-corrected chi connectivity index (χ2v) is 5.37. The summed E-state index contributed by atoms with van der Waals surface area (Å²) in [5, 5.41) is 6.74. The van der Waals surface area contributed by atoms with Crippen LogP contribution in [0.1, 0.15) is 26.3 Å². The quantitative estimate of drug-likeness (QED) is 0.667. The minimum atomic E-state index is -0.463. The maximum atomic E-state index is 10.3. The Morgan fingerprint density at radius 1 is 1.32 bits per heavy atom. The highest BCUT2D eigenvalue weighted by atomic mass is 16.5. The van der Waals surface area contributed by atoms with Crippen LogP contribution in [-0.2, 0) is 16.1 Å². The van der Waals surface area contributed by atoms with E-state index in [1.165, 1.54) is 5.56 Å². The van der Waals surface area contributed by atoms with Crippen LogP contribution in [-0.4, -0.2) is 31.2 Å². The zero-order valence-electron chi connectivity index (χ0n) is 12.0. The first kappa shape index (κ1) is 15.7. The molecule has 0 aliphatic rings. The van der Waals surface area contributed by atoms with Gasteiger partial charge in [-0.25, -0.2) is 0 Å². The van der Waals surface area contributed by atoms with Crippen LogP contribution < -0.4 is 10.6 Å². The summed E-state index contributed by atoms with van der Waals surface area (Å²) in [6, 6.07) is 10.6. The highest BCUT2D eigenvalue weighted by molar-refractivity contribution is 5.38. The smallest absolute Gasteiger partial charge is 0.293 e. The molecular formula is C15H24N2O2. The summed E-state index contributed by atoms with van der Waals surface area (Å²) in [7, 11) is 0. The fourth-order valence-electron chi connectivity index (χ4n) is 1.69. The van der Waals surface area contributed by atoms with Gasteiger partial charge in [0.1, 0.15) is 5.60 Å². The van der Waals surface area contributed by atoms with Crippen molar-refractivity contribution in [2.45, 2.75) is 39.0 Å². The Hall–Kier alpha value is -1.39. The summed E-state index contributed by atoms with van der Waals surface area (Å²) in [6.45, 7) is 8.75. The maximum Gasteiger partial charge on any atom is 0.293 e. The van der Waals surface area contributed by atoms with Gasteiger partial charge >= 0.3 is 0 Å². The van der Waals surface area contributed by atoms with Gasteiger partial charge in [-0.15, -0.1) is 0 Å². The van der Waals surface area contributed by atoms with E-state index < -0.39 is 5.60 Å². The van der Waals surface area contributed by atoms with Gasteiger partial charge in [0.15, 0.2) is 0 Å². The lowest BCUT2D eigenvalue weighted by Gasteiger charge is -2.25. The molecule has 106 valence electrons. The number of rotatable bonds is 9. The number of hydrogen-bond donors (Lipinski definition) is 2. The number of carbonyl (C=O) groups is 1. The molecule has 0 aromatic heterocycles. The van der Waals surface area contributed by atoms with Crippen molar-refractivity contribution in [3.8, 4) is 0 Å². The van der Waals surface area contributed by atoms with E-state index in [4.69, 9.17) is 4.74 Å². The van der Waals surface area contributed by atoms with E-state index in [2.05, 4.69) is 29.7 Å². The van der Waals surface area contributed by atoms with Gasteiger partial charge in [-0.3, -0.25) is 4.79 Å². The normalized spacial score (nSPS) is 13.0. The van der Waals surface area contributed by atoms with Gasteiger partial charge in [0, 0.05) is 25.7 Å². The van der Waals surface area contributed by atoms with Gasteiger partial charge in [-0.05, 0) is 26.3 Å². The molecule has 0 radical (unpaired) electrons. The largest absolute Gasteiger partial charge is 0.461 e. The van der Waals surface area contributed by atoms with Crippen molar-refractivity contribution in [1.29, 1.82) is 0 Å². The average molecular weight is 264 g/mol. The molecule has 0 aliphatic carbocycles. The lowest BCUT2D eigenvalue weighted by atomic mass is 10.1. The molecule has 0 fully saturated rings. The molecule has 2 N–H and O–H groups in total. The predicted octanol–water partition coefficient (Wildman–Crippen LogP) is 1.71. The molecule has 0 spiro atoms. The minimum absolute atomic E-state index is 0.318. The number of carbonyl (C=O) groups excluding carboxylic acids is 1. The Labute approximate surface area is 115 Å². The summed E-state index contributed by atoms with van der Waals surface area (Å²) in [5.41, 5.74) is 0.814. The molecule has 1 aromatic carbocycles. The van der Waals surface area contributed by atoms with Crippen molar-refractivity contribution in [3.05, 3.63) is 35.9 Å². The Balaban J connectivity index is 2.18. The monoisotopic (exact) mass is 264 g/mol. The third kappa shape index (κ3) is 6.94. The van der Waals surface area contributed by atoms with Crippen molar-refractivity contribution in [2.24, 2.45) is 0 Å². The highest BCUT2D eigenvalue weighted by Gasteiger charge is 2.19. The van der Waals surface area contributed by atoms with Crippen LogP contribution >= 0.6 is 0 Å². The summed E-state index contributed by atoms with van der Waals surface area (Å²) in [5.74, 6) is 0. The number of benzene rings is 1. The topological polar surface area (TPSA) is 50.4 Å². The van der Waals surface area contributed by atoms with Gasteiger partial charge in [-0.1, -0.05) is 30.3 Å². The van der Waals surface area contributed by atoms with Crippen LogP contribution in [0.15, 0.2) is 30.3 Å². The second kappa shape index (κ2) is 7.92. The first-order valence-electron chi connectivity index (χ1n) is 6.63. The van der Waals surface area contributed by atoms with Crippen LogP contribution in [0.25, 0.3) is 0 Å². The Bertz CT molecular complexity index is 366. The van der Waals surface area contributed by atoms with E-state index in [9.17, 15) is 4.79 Å². The molecule has 1 aromatic rings. The third-order valence-corrected chi connectivity index (χ3v) is 2.87. The predicted molar refractivity (Wildman–Crippen MR) is 76.8 cm³/mol. The first-order chi connectivity index (χ1) is 9.03. The molecule has 19 heavy (non-hydrogen) atoms. The molecule has 0 heterocycles. The Kier molecular flexibility index (Phi) is 6.53. The van der Waals surface area contributed by atoms with E-state index in [1.54, 1.807) is 0 Å². The molecule has 0 amide bonds. The lowest BCUT2D eigenvalue weighted by Crippen LogP contribution is -2.44. The Morgan fingerprint density at radius 2 is 2.00 bits per heavy atom. The molecule has 0 bridgehead atoms. The van der Waals surface area contributed by atoms with Gasteiger partial charge in [0.05, 0.1) is 0 Å². The fraction of sp³-hybridized carbons (Fsp3) is 0.533. The summed E-state index contributed by atoms with van der Waals surface area (Å²) < 4.78 is 4.99.